The van der Waals surface area contributed by atoms with Crippen molar-refractivity contribution in [3.8, 4) is 0 Å². The van der Waals surface area contributed by atoms with Gasteiger partial charge in [0.05, 0.1) is 0 Å². The SMILES string of the molecule is CC(C)(C)P(CCCCCB1C2CCCC1CCC2)C(C)(C)C. The Bertz CT molecular complexity index is 316. The molecule has 134 valence electrons. The zero-order chi connectivity index (χ0) is 17.1. The van der Waals surface area contributed by atoms with E-state index in [0.29, 0.717) is 10.3 Å². The van der Waals surface area contributed by atoms with Crippen LogP contribution in [0.25, 0.3) is 0 Å². The first-order chi connectivity index (χ1) is 10.7. The van der Waals surface area contributed by atoms with Crippen molar-refractivity contribution >= 4 is 14.6 Å². The number of rotatable bonds is 6. The molecule has 0 unspecified atom stereocenters. The summed E-state index contributed by atoms with van der Waals surface area (Å²) in [6.45, 7) is 15.9. The molecule has 23 heavy (non-hydrogen) atoms. The minimum Gasteiger partial charge on any atom is -0.0956 e. The van der Waals surface area contributed by atoms with Crippen molar-refractivity contribution in [3.63, 3.8) is 0 Å². The zero-order valence-corrected chi connectivity index (χ0v) is 17.9. The summed E-state index contributed by atoms with van der Waals surface area (Å²) < 4.78 is 0. The van der Waals surface area contributed by atoms with Gasteiger partial charge in [0.15, 0.2) is 0 Å². The average Bonchev–Trinajstić information content (AvgIpc) is 2.39. The fraction of sp³-hybridized carbons (Fsp3) is 1.00. The molecule has 2 bridgehead atoms. The van der Waals surface area contributed by atoms with Crippen molar-refractivity contribution in [1.82, 2.24) is 0 Å². The predicted molar refractivity (Wildman–Crippen MR) is 111 cm³/mol. The molecule has 0 N–H and O–H groups in total. The van der Waals surface area contributed by atoms with Gasteiger partial charge in [0.2, 0.25) is 0 Å². The molecule has 2 fully saturated rings. The Morgan fingerprint density at radius 3 is 1.65 bits per heavy atom. The van der Waals surface area contributed by atoms with E-state index in [1.807, 2.05) is 0 Å². The van der Waals surface area contributed by atoms with E-state index in [0.717, 1.165) is 18.3 Å². The molecule has 0 atom stereocenters. The lowest BCUT2D eigenvalue weighted by molar-refractivity contribution is 0.440. The maximum absolute atomic E-state index is 2.47. The van der Waals surface area contributed by atoms with Gasteiger partial charge in [-0.15, -0.1) is 0 Å². The van der Waals surface area contributed by atoms with E-state index in [4.69, 9.17) is 0 Å². The third kappa shape index (κ3) is 5.76. The van der Waals surface area contributed by atoms with Crippen LogP contribution >= 0.6 is 7.92 Å². The van der Waals surface area contributed by atoms with Crippen LogP contribution in [0.1, 0.15) is 99.3 Å². The summed E-state index contributed by atoms with van der Waals surface area (Å²) in [4.78, 5) is 0. The normalized spacial score (nSPS) is 26.0. The summed E-state index contributed by atoms with van der Waals surface area (Å²) in [5.74, 6) is 2.23. The van der Waals surface area contributed by atoms with E-state index in [1.54, 1.807) is 32.0 Å². The molecule has 2 rings (SSSR count). The minimum absolute atomic E-state index is 0.117. The molecule has 0 aliphatic carbocycles. The Hall–Kier alpha value is 0.495. The van der Waals surface area contributed by atoms with Crippen molar-refractivity contribution in [3.05, 3.63) is 0 Å². The van der Waals surface area contributed by atoms with Gasteiger partial charge >= 0.3 is 0 Å². The van der Waals surface area contributed by atoms with Crippen LogP contribution in [0, 0.1) is 0 Å². The fourth-order valence-electron chi connectivity index (χ4n) is 5.79. The summed E-state index contributed by atoms with van der Waals surface area (Å²) in [6.07, 6.45) is 16.8. The lowest BCUT2D eigenvalue weighted by Gasteiger charge is -2.42. The van der Waals surface area contributed by atoms with E-state index in [1.165, 1.54) is 38.3 Å². The van der Waals surface area contributed by atoms with Crippen LogP contribution in [0.4, 0.5) is 0 Å². The molecule has 0 radical (unpaired) electrons. The minimum atomic E-state index is 0.117. The van der Waals surface area contributed by atoms with E-state index in [9.17, 15) is 0 Å². The van der Waals surface area contributed by atoms with Crippen LogP contribution < -0.4 is 0 Å². The average molecular weight is 336 g/mol. The molecule has 2 heteroatoms. The van der Waals surface area contributed by atoms with Crippen LogP contribution in [0.3, 0.4) is 0 Å². The predicted octanol–water partition coefficient (Wildman–Crippen LogP) is 7.84. The van der Waals surface area contributed by atoms with Gasteiger partial charge in [-0.05, 0) is 22.9 Å². The van der Waals surface area contributed by atoms with Crippen molar-refractivity contribution < 1.29 is 0 Å². The second-order valence-corrected chi connectivity index (χ2v) is 14.4. The molecule has 2 aliphatic rings. The van der Waals surface area contributed by atoms with Gasteiger partial charge in [-0.1, -0.05) is 119 Å². The van der Waals surface area contributed by atoms with Crippen molar-refractivity contribution in [1.29, 1.82) is 0 Å². The lowest BCUT2D eigenvalue weighted by Crippen LogP contribution is -2.34. The monoisotopic (exact) mass is 336 g/mol. The first-order valence-corrected chi connectivity index (χ1v) is 12.0. The Labute approximate surface area is 148 Å². The third-order valence-corrected chi connectivity index (χ3v) is 10.6. The summed E-state index contributed by atoms with van der Waals surface area (Å²) in [6, 6.07) is 0. The maximum Gasteiger partial charge on any atom is 0.146 e. The van der Waals surface area contributed by atoms with Crippen LogP contribution in [0.5, 0.6) is 0 Å². The van der Waals surface area contributed by atoms with Gasteiger partial charge in [0.25, 0.3) is 0 Å². The van der Waals surface area contributed by atoms with Gasteiger partial charge < -0.3 is 0 Å². The summed E-state index contributed by atoms with van der Waals surface area (Å²) in [5, 5.41) is 1.02. The smallest absolute Gasteiger partial charge is 0.0956 e. The molecular formula is C21H42BP. The Morgan fingerprint density at radius 2 is 1.22 bits per heavy atom. The number of hydrogen-bond acceptors (Lipinski definition) is 0. The second kappa shape index (κ2) is 8.25. The molecule has 0 amide bonds. The quantitative estimate of drug-likeness (QED) is 0.263. The van der Waals surface area contributed by atoms with Crippen LogP contribution in [0.15, 0.2) is 0 Å². The summed E-state index contributed by atoms with van der Waals surface area (Å²) in [5.41, 5.74) is 0. The summed E-state index contributed by atoms with van der Waals surface area (Å²) >= 11 is 0. The molecule has 2 heterocycles. The molecule has 0 aromatic rings. The molecule has 2 aliphatic heterocycles. The lowest BCUT2D eigenvalue weighted by atomic mass is 9.26. The fourth-order valence-corrected chi connectivity index (χ4v) is 9.68. The topological polar surface area (TPSA) is 0 Å². The van der Waals surface area contributed by atoms with Crippen LogP contribution in [-0.4, -0.2) is 23.2 Å². The number of hydrogen-bond donors (Lipinski definition) is 0. The van der Waals surface area contributed by atoms with Gasteiger partial charge in [-0.2, -0.15) is 0 Å². The zero-order valence-electron chi connectivity index (χ0n) is 17.0. The highest BCUT2D eigenvalue weighted by molar-refractivity contribution is 7.60. The summed E-state index contributed by atoms with van der Waals surface area (Å²) in [7, 11) is 0.117. The highest BCUT2D eigenvalue weighted by Gasteiger charge is 2.38. The highest BCUT2D eigenvalue weighted by Crippen LogP contribution is 2.59. The Balaban J connectivity index is 1.71. The standard InChI is InChI=1S/C21H42BP/c1-20(2,3)23(21(4,5)6)17-9-7-8-16-22-18-12-10-13-19(22)15-11-14-18/h18-19H,7-17H2,1-6H3. The Morgan fingerprint density at radius 1 is 0.739 bits per heavy atom. The van der Waals surface area contributed by atoms with Crippen molar-refractivity contribution in [2.45, 2.75) is 128 Å². The van der Waals surface area contributed by atoms with E-state index in [2.05, 4.69) is 41.5 Å². The largest absolute Gasteiger partial charge is 0.146 e. The molecular weight excluding hydrogens is 294 g/mol. The van der Waals surface area contributed by atoms with Gasteiger partial charge in [-0.25, -0.2) is 0 Å². The van der Waals surface area contributed by atoms with Gasteiger partial charge in [0, 0.05) is 0 Å². The van der Waals surface area contributed by atoms with E-state index in [-0.39, 0.29) is 7.92 Å². The molecule has 0 nitrogen and oxygen atoms in total. The molecule has 0 aromatic carbocycles. The third-order valence-electron chi connectivity index (χ3n) is 6.55. The second-order valence-electron chi connectivity index (χ2n) is 10.4. The highest BCUT2D eigenvalue weighted by atomic mass is 31.1. The van der Waals surface area contributed by atoms with Gasteiger partial charge in [0.1, 0.15) is 6.71 Å². The van der Waals surface area contributed by atoms with Crippen LogP contribution in [0.2, 0.25) is 18.0 Å². The number of fused-ring (bicyclic) bond motifs is 2. The molecule has 0 spiro atoms. The van der Waals surface area contributed by atoms with E-state index < -0.39 is 0 Å². The molecule has 2 saturated heterocycles. The Kier molecular flexibility index (Phi) is 7.11. The molecule has 0 aromatic heterocycles. The first-order valence-electron chi connectivity index (χ1n) is 10.5. The maximum atomic E-state index is 2.47. The number of unbranched alkanes of at least 4 members (excludes halogenated alkanes) is 2. The van der Waals surface area contributed by atoms with Crippen LogP contribution in [-0.2, 0) is 0 Å². The van der Waals surface area contributed by atoms with Crippen molar-refractivity contribution in [2.24, 2.45) is 0 Å². The van der Waals surface area contributed by atoms with E-state index >= 15 is 0 Å². The molecule has 0 saturated carbocycles. The first kappa shape index (κ1) is 19.8. The van der Waals surface area contributed by atoms with Gasteiger partial charge in [-0.3, -0.25) is 0 Å². The van der Waals surface area contributed by atoms with Crippen molar-refractivity contribution in [2.75, 3.05) is 6.16 Å².